The number of nitrogens with zero attached hydrogens (tertiary/aromatic N) is 2. The van der Waals surface area contributed by atoms with Crippen LogP contribution in [0.5, 0.6) is 0 Å². The zero-order valence-electron chi connectivity index (χ0n) is 13.7. The highest BCUT2D eigenvalue weighted by molar-refractivity contribution is 5.85. The molecule has 1 heterocycles. The molecule has 0 spiro atoms. The van der Waals surface area contributed by atoms with Gasteiger partial charge >= 0.3 is 0 Å². The van der Waals surface area contributed by atoms with E-state index in [1.54, 1.807) is 6.07 Å². The molecule has 1 aliphatic rings. The smallest absolute Gasteiger partial charge is 0.140 e. The maximum absolute atomic E-state index is 13.5. The van der Waals surface area contributed by atoms with Crippen molar-refractivity contribution in [3.63, 3.8) is 0 Å². The first-order chi connectivity index (χ1) is 10.1. The van der Waals surface area contributed by atoms with E-state index in [0.29, 0.717) is 5.92 Å². The molecule has 1 atom stereocenters. The van der Waals surface area contributed by atoms with Gasteiger partial charge in [-0.2, -0.15) is 5.26 Å². The van der Waals surface area contributed by atoms with Crippen LogP contribution >= 0.6 is 24.8 Å². The molecule has 0 aromatic heterocycles. The lowest BCUT2D eigenvalue weighted by Crippen LogP contribution is -2.45. The molecular weight excluding hydrogens is 336 g/mol. The van der Waals surface area contributed by atoms with E-state index >= 15 is 0 Å². The monoisotopic (exact) mass is 361 g/mol. The van der Waals surface area contributed by atoms with Crippen LogP contribution in [-0.4, -0.2) is 31.1 Å². The van der Waals surface area contributed by atoms with Gasteiger partial charge in [0.05, 0.1) is 5.56 Å². The summed E-state index contributed by atoms with van der Waals surface area (Å²) in [4.78, 5) is 2.45. The van der Waals surface area contributed by atoms with Crippen LogP contribution in [0.3, 0.4) is 0 Å². The molecule has 6 heteroatoms. The summed E-state index contributed by atoms with van der Waals surface area (Å²) >= 11 is 0. The third-order valence-corrected chi connectivity index (χ3v) is 4.11. The summed E-state index contributed by atoms with van der Waals surface area (Å²) in [7, 11) is 0. The predicted molar refractivity (Wildman–Crippen MR) is 96.9 cm³/mol. The van der Waals surface area contributed by atoms with Crippen LogP contribution in [0, 0.1) is 23.1 Å². The molecular formula is C17H26Cl2FN3. The summed E-state index contributed by atoms with van der Waals surface area (Å²) < 4.78 is 13.5. The molecule has 130 valence electrons. The topological polar surface area (TPSA) is 39.1 Å². The first-order valence-corrected chi connectivity index (χ1v) is 7.76. The second-order valence-electron chi connectivity index (χ2n) is 6.12. The highest BCUT2D eigenvalue weighted by Gasteiger charge is 2.23. The normalized spacial score (nSPS) is 16.1. The zero-order chi connectivity index (χ0) is 15.2. The number of benzene rings is 1. The van der Waals surface area contributed by atoms with Crippen molar-refractivity contribution < 1.29 is 4.39 Å². The van der Waals surface area contributed by atoms with Crippen molar-refractivity contribution in [2.45, 2.75) is 32.7 Å². The van der Waals surface area contributed by atoms with Crippen molar-refractivity contribution in [3.8, 4) is 6.07 Å². The minimum Gasteiger partial charge on any atom is -0.314 e. The second kappa shape index (κ2) is 10.8. The molecule has 1 saturated heterocycles. The largest absolute Gasteiger partial charge is 0.314 e. The Kier molecular flexibility index (Phi) is 10.4. The van der Waals surface area contributed by atoms with Gasteiger partial charge in [0.2, 0.25) is 0 Å². The fraction of sp³-hybridized carbons (Fsp3) is 0.588. The average molecular weight is 362 g/mol. The first kappa shape index (κ1) is 22.1. The summed E-state index contributed by atoms with van der Waals surface area (Å²) in [6.07, 6.45) is 2.18. The van der Waals surface area contributed by atoms with Gasteiger partial charge in [-0.3, -0.25) is 4.90 Å². The number of nitriles is 1. The van der Waals surface area contributed by atoms with E-state index in [4.69, 9.17) is 5.26 Å². The Bertz CT molecular complexity index is 511. The van der Waals surface area contributed by atoms with E-state index in [0.717, 1.165) is 44.6 Å². The lowest BCUT2D eigenvalue weighted by molar-refractivity contribution is 0.159. The van der Waals surface area contributed by atoms with Crippen LogP contribution in [-0.2, 0) is 0 Å². The van der Waals surface area contributed by atoms with Crippen molar-refractivity contribution >= 4 is 24.8 Å². The Morgan fingerprint density at radius 2 is 1.87 bits per heavy atom. The van der Waals surface area contributed by atoms with Gasteiger partial charge < -0.3 is 5.32 Å². The molecule has 0 saturated carbocycles. The van der Waals surface area contributed by atoms with Crippen LogP contribution in [0.2, 0.25) is 0 Å². The van der Waals surface area contributed by atoms with Crippen molar-refractivity contribution in [1.29, 1.82) is 5.26 Å². The standard InChI is InChI=1S/C17H24FN3.2ClH/c1-13(2)3-6-17(21-9-7-20-8-10-21)14-4-5-16(18)15(11-14)12-19;;/h4-5,11,13,17,20H,3,6-10H2,1-2H3;2*1H/t17-;;/m0../s1. The van der Waals surface area contributed by atoms with E-state index in [1.165, 1.54) is 6.07 Å². The Hall–Kier alpha value is -0.860. The van der Waals surface area contributed by atoms with Crippen molar-refractivity contribution in [1.82, 2.24) is 10.2 Å². The summed E-state index contributed by atoms with van der Waals surface area (Å²) in [5.41, 5.74) is 1.22. The molecule has 23 heavy (non-hydrogen) atoms. The van der Waals surface area contributed by atoms with Crippen LogP contribution in [0.25, 0.3) is 0 Å². The van der Waals surface area contributed by atoms with Crippen molar-refractivity contribution in [2.24, 2.45) is 5.92 Å². The van der Waals surface area contributed by atoms with Crippen molar-refractivity contribution in [3.05, 3.63) is 35.1 Å². The average Bonchev–Trinajstić information content (AvgIpc) is 2.49. The van der Waals surface area contributed by atoms with Gasteiger partial charge in [-0.15, -0.1) is 24.8 Å². The minimum absolute atomic E-state index is 0. The van der Waals surface area contributed by atoms with Gasteiger partial charge in [0.15, 0.2) is 0 Å². The molecule has 2 rings (SSSR count). The number of hydrogen-bond donors (Lipinski definition) is 1. The zero-order valence-corrected chi connectivity index (χ0v) is 15.4. The molecule has 3 nitrogen and oxygen atoms in total. The number of nitrogens with one attached hydrogen (secondary N) is 1. The number of piperazine rings is 1. The van der Waals surface area contributed by atoms with Crippen molar-refractivity contribution in [2.75, 3.05) is 26.2 Å². The molecule has 1 aromatic carbocycles. The maximum Gasteiger partial charge on any atom is 0.140 e. The third-order valence-electron chi connectivity index (χ3n) is 4.11. The second-order valence-corrected chi connectivity index (χ2v) is 6.12. The van der Waals surface area contributed by atoms with Gasteiger partial charge in [0.25, 0.3) is 0 Å². The lowest BCUT2D eigenvalue weighted by Gasteiger charge is -2.35. The SMILES string of the molecule is CC(C)CC[C@@H](c1ccc(F)c(C#N)c1)N1CCNCC1.Cl.Cl. The van der Waals surface area contributed by atoms with Crippen LogP contribution in [0.4, 0.5) is 4.39 Å². The van der Waals surface area contributed by atoms with Crippen LogP contribution in [0.15, 0.2) is 18.2 Å². The molecule has 0 bridgehead atoms. The first-order valence-electron chi connectivity index (χ1n) is 7.76. The molecule has 0 unspecified atom stereocenters. The Balaban J connectivity index is 0.00000242. The Labute approximate surface area is 151 Å². The number of hydrogen-bond acceptors (Lipinski definition) is 3. The van der Waals surface area contributed by atoms with Gasteiger partial charge in [0, 0.05) is 32.2 Å². The summed E-state index contributed by atoms with van der Waals surface area (Å²) in [5, 5.41) is 12.4. The lowest BCUT2D eigenvalue weighted by atomic mass is 9.94. The van der Waals surface area contributed by atoms with E-state index in [9.17, 15) is 4.39 Å². The van der Waals surface area contributed by atoms with E-state index in [2.05, 4.69) is 24.1 Å². The molecule has 1 fully saturated rings. The third kappa shape index (κ3) is 6.27. The van der Waals surface area contributed by atoms with Gasteiger partial charge in [0.1, 0.15) is 11.9 Å². The summed E-state index contributed by atoms with van der Waals surface area (Å²) in [5.74, 6) is 0.218. The fourth-order valence-electron chi connectivity index (χ4n) is 2.88. The molecule has 1 aliphatic heterocycles. The number of halogens is 3. The fourth-order valence-corrected chi connectivity index (χ4v) is 2.88. The molecule has 1 aromatic rings. The van der Waals surface area contributed by atoms with Gasteiger partial charge in [-0.05, 0) is 36.5 Å². The molecule has 1 N–H and O–H groups in total. The van der Waals surface area contributed by atoms with Crippen LogP contribution < -0.4 is 5.32 Å². The highest BCUT2D eigenvalue weighted by atomic mass is 35.5. The highest BCUT2D eigenvalue weighted by Crippen LogP contribution is 2.29. The summed E-state index contributed by atoms with van der Waals surface area (Å²) in [6.45, 7) is 8.43. The van der Waals surface area contributed by atoms with Gasteiger partial charge in [-0.1, -0.05) is 19.9 Å². The summed E-state index contributed by atoms with van der Waals surface area (Å²) in [6, 6.07) is 7.22. The van der Waals surface area contributed by atoms with E-state index in [-0.39, 0.29) is 36.4 Å². The molecule has 0 aliphatic carbocycles. The van der Waals surface area contributed by atoms with E-state index < -0.39 is 5.82 Å². The minimum atomic E-state index is -0.427. The Morgan fingerprint density at radius 3 is 2.43 bits per heavy atom. The number of rotatable bonds is 5. The van der Waals surface area contributed by atoms with Gasteiger partial charge in [-0.25, -0.2) is 4.39 Å². The van der Waals surface area contributed by atoms with E-state index in [1.807, 2.05) is 12.1 Å². The Morgan fingerprint density at radius 1 is 1.22 bits per heavy atom. The quantitative estimate of drug-likeness (QED) is 0.863. The maximum atomic E-state index is 13.5. The predicted octanol–water partition coefficient (Wildman–Crippen LogP) is 3.92. The molecule has 0 amide bonds. The van der Waals surface area contributed by atoms with Crippen LogP contribution in [0.1, 0.15) is 43.9 Å². The molecule has 0 radical (unpaired) electrons.